The SMILES string of the molecule is CCCNc1nc(-c2c(C)noc2C)nc(C(C)C)c1I. The highest BCUT2D eigenvalue weighted by Crippen LogP contribution is 2.30. The van der Waals surface area contributed by atoms with Gasteiger partial charge in [0.05, 0.1) is 20.5 Å². The Bertz CT molecular complexity index is 617. The molecule has 0 saturated heterocycles. The van der Waals surface area contributed by atoms with Crippen LogP contribution >= 0.6 is 22.6 Å². The van der Waals surface area contributed by atoms with E-state index >= 15 is 0 Å². The van der Waals surface area contributed by atoms with Crippen molar-refractivity contribution >= 4 is 28.4 Å². The summed E-state index contributed by atoms with van der Waals surface area (Å²) >= 11 is 2.32. The van der Waals surface area contributed by atoms with Gasteiger partial charge in [-0.15, -0.1) is 0 Å². The molecule has 0 bridgehead atoms. The molecule has 2 heterocycles. The number of aromatic nitrogens is 3. The fourth-order valence-corrected chi connectivity index (χ4v) is 3.18. The number of halogens is 1. The van der Waals surface area contributed by atoms with Gasteiger partial charge in [0.1, 0.15) is 11.6 Å². The molecule has 0 aliphatic heterocycles. The summed E-state index contributed by atoms with van der Waals surface area (Å²) in [7, 11) is 0. The number of hydrogen-bond donors (Lipinski definition) is 1. The summed E-state index contributed by atoms with van der Waals surface area (Å²) in [6.07, 6.45) is 1.05. The van der Waals surface area contributed by atoms with Crippen LogP contribution in [-0.2, 0) is 0 Å². The molecule has 2 aromatic rings. The topological polar surface area (TPSA) is 63.8 Å². The molecular formula is C15H21IN4O. The predicted octanol–water partition coefficient (Wildman–Crippen LogP) is 4.30. The highest BCUT2D eigenvalue weighted by atomic mass is 127. The molecule has 0 amide bonds. The zero-order valence-electron chi connectivity index (χ0n) is 13.1. The average molecular weight is 400 g/mol. The van der Waals surface area contributed by atoms with Crippen molar-refractivity contribution in [2.75, 3.05) is 11.9 Å². The molecular weight excluding hydrogens is 379 g/mol. The monoisotopic (exact) mass is 400 g/mol. The average Bonchev–Trinajstić information content (AvgIpc) is 2.77. The molecule has 114 valence electrons. The van der Waals surface area contributed by atoms with E-state index in [2.05, 4.69) is 58.8 Å². The lowest BCUT2D eigenvalue weighted by molar-refractivity contribution is 0.393. The first kappa shape index (κ1) is 16.2. The molecule has 5 nitrogen and oxygen atoms in total. The second-order valence-corrected chi connectivity index (χ2v) is 6.45. The number of nitrogens with one attached hydrogen (secondary N) is 1. The van der Waals surface area contributed by atoms with Crippen molar-refractivity contribution in [3.63, 3.8) is 0 Å². The van der Waals surface area contributed by atoms with E-state index in [1.807, 2.05) is 13.8 Å². The van der Waals surface area contributed by atoms with E-state index < -0.39 is 0 Å². The predicted molar refractivity (Wildman–Crippen MR) is 92.6 cm³/mol. The highest BCUT2D eigenvalue weighted by molar-refractivity contribution is 14.1. The van der Waals surface area contributed by atoms with Gasteiger partial charge in [0, 0.05) is 6.54 Å². The van der Waals surface area contributed by atoms with Crippen LogP contribution in [0, 0.1) is 17.4 Å². The molecule has 0 atom stereocenters. The van der Waals surface area contributed by atoms with E-state index in [1.165, 1.54) is 0 Å². The summed E-state index contributed by atoms with van der Waals surface area (Å²) in [5.74, 6) is 2.67. The Balaban J connectivity index is 2.59. The van der Waals surface area contributed by atoms with Crippen molar-refractivity contribution in [3.05, 3.63) is 20.7 Å². The first-order valence-electron chi connectivity index (χ1n) is 7.20. The zero-order valence-corrected chi connectivity index (χ0v) is 15.3. The van der Waals surface area contributed by atoms with Crippen molar-refractivity contribution < 1.29 is 4.52 Å². The van der Waals surface area contributed by atoms with Crippen molar-refractivity contribution in [1.29, 1.82) is 0 Å². The molecule has 0 spiro atoms. The molecule has 0 aliphatic rings. The molecule has 6 heteroatoms. The maximum atomic E-state index is 5.25. The molecule has 2 aromatic heterocycles. The molecule has 0 aliphatic carbocycles. The van der Waals surface area contributed by atoms with Gasteiger partial charge >= 0.3 is 0 Å². The Labute approximate surface area is 139 Å². The number of rotatable bonds is 5. The fourth-order valence-electron chi connectivity index (χ4n) is 2.12. The highest BCUT2D eigenvalue weighted by Gasteiger charge is 2.20. The Morgan fingerprint density at radius 1 is 1.24 bits per heavy atom. The quantitative estimate of drug-likeness (QED) is 0.759. The first-order chi connectivity index (χ1) is 9.95. The van der Waals surface area contributed by atoms with Gasteiger partial charge in [0.15, 0.2) is 5.82 Å². The van der Waals surface area contributed by atoms with Crippen molar-refractivity contribution in [3.8, 4) is 11.4 Å². The zero-order chi connectivity index (χ0) is 15.6. The van der Waals surface area contributed by atoms with Gasteiger partial charge in [-0.05, 0) is 48.8 Å². The van der Waals surface area contributed by atoms with Crippen molar-refractivity contribution in [2.45, 2.75) is 47.0 Å². The third-order valence-corrected chi connectivity index (χ3v) is 4.29. The summed E-state index contributed by atoms with van der Waals surface area (Å²) in [5.41, 5.74) is 2.77. The van der Waals surface area contributed by atoms with Crippen LogP contribution in [0.3, 0.4) is 0 Å². The minimum absolute atomic E-state index is 0.335. The van der Waals surface area contributed by atoms with Crippen LogP contribution in [0.4, 0.5) is 5.82 Å². The van der Waals surface area contributed by atoms with E-state index in [-0.39, 0.29) is 0 Å². The number of aryl methyl sites for hydroxylation is 2. The summed E-state index contributed by atoms with van der Waals surface area (Å²) < 4.78 is 6.34. The van der Waals surface area contributed by atoms with Crippen LogP contribution in [0.1, 0.15) is 50.3 Å². The van der Waals surface area contributed by atoms with Crippen LogP contribution in [0.25, 0.3) is 11.4 Å². The van der Waals surface area contributed by atoms with Crippen LogP contribution in [0.5, 0.6) is 0 Å². The lowest BCUT2D eigenvalue weighted by atomic mass is 10.1. The van der Waals surface area contributed by atoms with Gasteiger partial charge < -0.3 is 9.84 Å². The van der Waals surface area contributed by atoms with Gasteiger partial charge in [0.25, 0.3) is 0 Å². The van der Waals surface area contributed by atoms with Gasteiger partial charge in [-0.3, -0.25) is 0 Å². The van der Waals surface area contributed by atoms with Crippen LogP contribution in [0.2, 0.25) is 0 Å². The second-order valence-electron chi connectivity index (χ2n) is 5.38. The molecule has 21 heavy (non-hydrogen) atoms. The Morgan fingerprint density at radius 3 is 2.48 bits per heavy atom. The van der Waals surface area contributed by atoms with Crippen molar-refractivity contribution in [2.24, 2.45) is 0 Å². The molecule has 0 saturated carbocycles. The second kappa shape index (κ2) is 6.72. The smallest absolute Gasteiger partial charge is 0.167 e. The van der Waals surface area contributed by atoms with Gasteiger partial charge in [-0.1, -0.05) is 25.9 Å². The number of anilines is 1. The van der Waals surface area contributed by atoms with Gasteiger partial charge in [0.2, 0.25) is 0 Å². The van der Waals surface area contributed by atoms with Gasteiger partial charge in [-0.2, -0.15) is 0 Å². The fraction of sp³-hybridized carbons (Fsp3) is 0.533. The molecule has 2 rings (SSSR count). The van der Waals surface area contributed by atoms with Crippen LogP contribution in [0.15, 0.2) is 4.52 Å². The summed E-state index contributed by atoms with van der Waals surface area (Å²) in [4.78, 5) is 9.43. The summed E-state index contributed by atoms with van der Waals surface area (Å²) in [6.45, 7) is 11.1. The lowest BCUT2D eigenvalue weighted by Crippen LogP contribution is -2.10. The maximum absolute atomic E-state index is 5.25. The normalized spacial score (nSPS) is 11.2. The molecule has 0 unspecified atom stereocenters. The molecule has 0 aromatic carbocycles. The molecule has 1 N–H and O–H groups in total. The lowest BCUT2D eigenvalue weighted by Gasteiger charge is -2.14. The van der Waals surface area contributed by atoms with Gasteiger partial charge in [-0.25, -0.2) is 9.97 Å². The minimum atomic E-state index is 0.335. The maximum Gasteiger partial charge on any atom is 0.167 e. The van der Waals surface area contributed by atoms with Crippen molar-refractivity contribution in [1.82, 2.24) is 15.1 Å². The van der Waals surface area contributed by atoms with Crippen LogP contribution < -0.4 is 5.32 Å². The van der Waals surface area contributed by atoms with E-state index in [9.17, 15) is 0 Å². The van der Waals surface area contributed by atoms with E-state index in [0.29, 0.717) is 11.7 Å². The third-order valence-electron chi connectivity index (χ3n) is 3.22. The van der Waals surface area contributed by atoms with E-state index in [1.54, 1.807) is 0 Å². The Morgan fingerprint density at radius 2 is 1.95 bits per heavy atom. The Hall–Kier alpha value is -1.18. The third kappa shape index (κ3) is 3.36. The Kier molecular flexibility index (Phi) is 5.18. The summed E-state index contributed by atoms with van der Waals surface area (Å²) in [5, 5.41) is 7.39. The first-order valence-corrected chi connectivity index (χ1v) is 8.28. The molecule has 0 radical (unpaired) electrons. The largest absolute Gasteiger partial charge is 0.369 e. The van der Waals surface area contributed by atoms with E-state index in [0.717, 1.165) is 45.1 Å². The standard InChI is InChI=1S/C15H21IN4O/c1-6-7-17-15-12(16)13(8(2)3)18-14(19-15)11-9(4)20-21-10(11)5/h8H,6-7H2,1-5H3,(H,17,18,19). The number of nitrogens with zero attached hydrogens (tertiary/aromatic N) is 3. The minimum Gasteiger partial charge on any atom is -0.369 e. The van der Waals surface area contributed by atoms with Crippen LogP contribution in [-0.4, -0.2) is 21.7 Å². The summed E-state index contributed by atoms with van der Waals surface area (Å²) in [6, 6.07) is 0. The number of hydrogen-bond acceptors (Lipinski definition) is 5. The molecule has 0 fully saturated rings. The van der Waals surface area contributed by atoms with E-state index in [4.69, 9.17) is 9.51 Å².